The highest BCUT2D eigenvalue weighted by atomic mass is 16.2. The van der Waals surface area contributed by atoms with Gasteiger partial charge in [-0.3, -0.25) is 19.1 Å². The van der Waals surface area contributed by atoms with E-state index in [0.29, 0.717) is 12.2 Å². The molecule has 0 spiro atoms. The van der Waals surface area contributed by atoms with Crippen LogP contribution >= 0.6 is 0 Å². The molecule has 0 radical (unpaired) electrons. The molecular weight excluding hydrogens is 416 g/mol. The van der Waals surface area contributed by atoms with Crippen LogP contribution < -0.4 is 5.32 Å². The van der Waals surface area contributed by atoms with Crippen LogP contribution in [0.25, 0.3) is 10.9 Å². The van der Waals surface area contributed by atoms with E-state index in [1.165, 1.54) is 43.9 Å². The third-order valence-corrected chi connectivity index (χ3v) is 6.71. The molecule has 0 saturated heterocycles. The van der Waals surface area contributed by atoms with Gasteiger partial charge in [-0.15, -0.1) is 0 Å². The normalized spacial score (nSPS) is 20.1. The van der Waals surface area contributed by atoms with Gasteiger partial charge >= 0.3 is 0 Å². The number of nitrogens with zero attached hydrogens (tertiary/aromatic N) is 3. The molecule has 0 unspecified atom stereocenters. The molecule has 2 amide bonds. The van der Waals surface area contributed by atoms with Gasteiger partial charge in [0.2, 0.25) is 11.8 Å². The van der Waals surface area contributed by atoms with Crippen molar-refractivity contribution in [1.29, 1.82) is 0 Å². The molecule has 2 aromatic rings. The molecule has 3 rings (SSSR count). The van der Waals surface area contributed by atoms with Crippen molar-refractivity contribution in [3.8, 4) is 0 Å². The summed E-state index contributed by atoms with van der Waals surface area (Å²) in [6.07, 6.45) is 10.1. The molecule has 0 saturated carbocycles. The van der Waals surface area contributed by atoms with Crippen LogP contribution in [0.1, 0.15) is 86.8 Å². The van der Waals surface area contributed by atoms with Crippen molar-refractivity contribution in [2.75, 3.05) is 13.6 Å². The number of hydrogen-bond acceptors (Lipinski definition) is 4. The average molecular weight is 455 g/mol. The Morgan fingerprint density at radius 2 is 1.67 bits per heavy atom. The molecule has 1 aliphatic rings. The zero-order chi connectivity index (χ0) is 24.0. The van der Waals surface area contributed by atoms with Crippen molar-refractivity contribution < 1.29 is 14.4 Å². The van der Waals surface area contributed by atoms with Crippen molar-refractivity contribution in [3.05, 3.63) is 29.0 Å². The molecule has 1 atom stereocenters. The fraction of sp³-hybridized carbons (Fsp3) is 0.615. The number of aromatic nitrogens is 2. The van der Waals surface area contributed by atoms with Crippen LogP contribution in [-0.2, 0) is 22.6 Å². The number of hydrogen-bond donors (Lipinski definition) is 1. The lowest BCUT2D eigenvalue weighted by atomic mass is 9.99. The lowest BCUT2D eigenvalue weighted by Gasteiger charge is -2.24. The fourth-order valence-electron chi connectivity index (χ4n) is 4.62. The molecule has 7 nitrogen and oxygen atoms in total. The second kappa shape index (κ2) is 11.4. The quantitative estimate of drug-likeness (QED) is 0.655. The van der Waals surface area contributed by atoms with E-state index in [4.69, 9.17) is 0 Å². The largest absolute Gasteiger partial charge is 0.354 e. The summed E-state index contributed by atoms with van der Waals surface area (Å²) in [5.74, 6) is -0.463. The van der Waals surface area contributed by atoms with E-state index in [9.17, 15) is 14.4 Å². The highest BCUT2D eigenvalue weighted by Gasteiger charge is 2.25. The summed E-state index contributed by atoms with van der Waals surface area (Å²) in [5, 5.41) is 8.32. The lowest BCUT2D eigenvalue weighted by molar-refractivity contribution is -0.138. The van der Waals surface area contributed by atoms with Crippen LogP contribution in [0.15, 0.2) is 12.1 Å². The van der Waals surface area contributed by atoms with E-state index in [-0.39, 0.29) is 24.1 Å². The summed E-state index contributed by atoms with van der Waals surface area (Å²) < 4.78 is 1.67. The Kier molecular flexibility index (Phi) is 8.64. The number of rotatable bonds is 1. The van der Waals surface area contributed by atoms with E-state index in [2.05, 4.69) is 16.5 Å². The standard InChI is InChI=1S/C26H38N4O3/c1-18-15-21-13-11-9-7-5-6-8-10-12-14-27-26(33)19(2)29(4)23(32)17-30-25(21)22(16-18)24(28-30)20(3)31/h15-16,19H,5-14,17H2,1-4H3,(H,27,33)/t19-/m0/s1. The maximum atomic E-state index is 13.1. The fourth-order valence-corrected chi connectivity index (χ4v) is 4.62. The summed E-state index contributed by atoms with van der Waals surface area (Å²) in [6, 6.07) is 3.56. The summed E-state index contributed by atoms with van der Waals surface area (Å²) in [7, 11) is 1.65. The lowest BCUT2D eigenvalue weighted by Crippen LogP contribution is -2.47. The number of carbonyl (C=O) groups is 3. The van der Waals surface area contributed by atoms with Gasteiger partial charge in [0, 0.05) is 25.9 Å². The Morgan fingerprint density at radius 3 is 2.33 bits per heavy atom. The summed E-state index contributed by atoms with van der Waals surface area (Å²) in [4.78, 5) is 39.5. The second-order valence-corrected chi connectivity index (χ2v) is 9.43. The number of nitrogens with one attached hydrogen (secondary N) is 1. The van der Waals surface area contributed by atoms with Gasteiger partial charge in [0.15, 0.2) is 5.78 Å². The zero-order valence-corrected chi connectivity index (χ0v) is 20.6. The van der Waals surface area contributed by atoms with Crippen LogP contribution in [0, 0.1) is 6.92 Å². The first kappa shape index (κ1) is 24.9. The molecule has 1 aliphatic heterocycles. The number of ketones is 1. The van der Waals surface area contributed by atoms with Crippen LogP contribution in [0.5, 0.6) is 0 Å². The van der Waals surface area contributed by atoms with Gasteiger partial charge in [0.1, 0.15) is 18.3 Å². The number of benzene rings is 1. The Labute approximate surface area is 196 Å². The Bertz CT molecular complexity index is 1010. The number of carbonyl (C=O) groups excluding carboxylic acids is 3. The molecule has 0 aliphatic carbocycles. The first-order chi connectivity index (χ1) is 15.8. The van der Waals surface area contributed by atoms with Crippen LogP contribution in [0.4, 0.5) is 0 Å². The van der Waals surface area contributed by atoms with Crippen molar-refractivity contribution in [2.24, 2.45) is 0 Å². The van der Waals surface area contributed by atoms with Gasteiger partial charge in [0.25, 0.3) is 0 Å². The minimum absolute atomic E-state index is 0.00599. The average Bonchev–Trinajstić information content (AvgIpc) is 3.13. The van der Waals surface area contributed by atoms with Crippen LogP contribution in [0.3, 0.4) is 0 Å². The molecular formula is C26H38N4O3. The monoisotopic (exact) mass is 454 g/mol. The summed E-state index contributed by atoms with van der Waals surface area (Å²) >= 11 is 0. The smallest absolute Gasteiger partial charge is 0.244 e. The first-order valence-corrected chi connectivity index (χ1v) is 12.3. The number of aryl methyl sites for hydroxylation is 2. The molecule has 0 fully saturated rings. The van der Waals surface area contributed by atoms with E-state index in [1.807, 2.05) is 13.0 Å². The molecule has 1 N–H and O–H groups in total. The maximum absolute atomic E-state index is 13.1. The van der Waals surface area contributed by atoms with Crippen molar-refractivity contribution in [1.82, 2.24) is 20.0 Å². The predicted molar refractivity (Wildman–Crippen MR) is 130 cm³/mol. The van der Waals surface area contributed by atoms with Gasteiger partial charge in [0.05, 0.1) is 5.52 Å². The summed E-state index contributed by atoms with van der Waals surface area (Å²) in [6.45, 7) is 5.92. The minimum Gasteiger partial charge on any atom is -0.354 e. The van der Waals surface area contributed by atoms with E-state index < -0.39 is 6.04 Å². The molecule has 0 bridgehead atoms. The Hall–Kier alpha value is -2.70. The van der Waals surface area contributed by atoms with Crippen molar-refractivity contribution in [2.45, 2.75) is 91.1 Å². The van der Waals surface area contributed by atoms with Gasteiger partial charge in [-0.2, -0.15) is 5.10 Å². The molecule has 1 aromatic heterocycles. The zero-order valence-electron chi connectivity index (χ0n) is 20.6. The maximum Gasteiger partial charge on any atom is 0.244 e. The molecule has 180 valence electrons. The third kappa shape index (κ3) is 6.21. The molecule has 1 aromatic carbocycles. The van der Waals surface area contributed by atoms with Crippen LogP contribution in [-0.4, -0.2) is 51.9 Å². The van der Waals surface area contributed by atoms with Crippen LogP contribution in [0.2, 0.25) is 0 Å². The van der Waals surface area contributed by atoms with Gasteiger partial charge in [-0.05, 0) is 44.7 Å². The first-order valence-electron chi connectivity index (χ1n) is 12.3. The SMILES string of the molecule is CC(=O)c1nn2c3c(cc(C)cc13)CCCCCCCCCCNC(=O)[C@H](C)N(C)C(=O)C2. The van der Waals surface area contributed by atoms with Gasteiger partial charge in [-0.25, -0.2) is 0 Å². The van der Waals surface area contributed by atoms with Crippen molar-refractivity contribution >= 4 is 28.5 Å². The molecule has 33 heavy (non-hydrogen) atoms. The van der Waals surface area contributed by atoms with Gasteiger partial charge in [-0.1, -0.05) is 50.2 Å². The Balaban J connectivity index is 1.95. The Morgan fingerprint density at radius 1 is 1.03 bits per heavy atom. The van der Waals surface area contributed by atoms with Crippen molar-refractivity contribution in [3.63, 3.8) is 0 Å². The highest BCUT2D eigenvalue weighted by molar-refractivity contribution is 6.06. The predicted octanol–water partition coefficient (Wildman–Crippen LogP) is 4.19. The van der Waals surface area contributed by atoms with E-state index >= 15 is 0 Å². The number of Topliss-reactive ketones (excluding diaryl/α,β-unsaturated/α-hetero) is 1. The number of likely N-dealkylation sites (N-methyl/N-ethyl adjacent to an activating group) is 1. The topological polar surface area (TPSA) is 84.3 Å². The minimum atomic E-state index is -0.574. The van der Waals surface area contributed by atoms with E-state index in [0.717, 1.165) is 47.7 Å². The highest BCUT2D eigenvalue weighted by Crippen LogP contribution is 2.27. The van der Waals surface area contributed by atoms with E-state index in [1.54, 1.807) is 18.7 Å². The third-order valence-electron chi connectivity index (χ3n) is 6.71. The summed E-state index contributed by atoms with van der Waals surface area (Å²) in [5.41, 5.74) is 3.48. The van der Waals surface area contributed by atoms with Gasteiger partial charge < -0.3 is 10.2 Å². The molecule has 7 heteroatoms. The second-order valence-electron chi connectivity index (χ2n) is 9.43. The molecule has 2 heterocycles. The number of amides is 2.